The van der Waals surface area contributed by atoms with Crippen molar-refractivity contribution in [1.29, 1.82) is 0 Å². The molecule has 4 nitrogen and oxygen atoms in total. The van der Waals surface area contributed by atoms with Crippen LogP contribution in [0, 0.1) is 0 Å². The topological polar surface area (TPSA) is 64.3 Å². The zero-order chi connectivity index (χ0) is 10.1. The number of nitrogen functional groups attached to an aromatic ring is 1. The molecule has 0 radical (unpaired) electrons. The standard InChI is InChI=1S/C10H12N2O2/c1-14-9-5-8-6(4-7(9)11)2-3-10(13)12-8/h4-5H,2-3,11H2,1H3,(H,12,13). The van der Waals surface area contributed by atoms with Gasteiger partial charge < -0.3 is 15.8 Å². The fourth-order valence-electron chi connectivity index (χ4n) is 1.60. The smallest absolute Gasteiger partial charge is 0.224 e. The molecule has 0 bridgehead atoms. The van der Waals surface area contributed by atoms with Crippen LogP contribution in [-0.4, -0.2) is 13.0 Å². The molecular weight excluding hydrogens is 180 g/mol. The number of amides is 1. The third-order valence-electron chi connectivity index (χ3n) is 2.35. The molecule has 0 spiro atoms. The molecule has 4 heteroatoms. The SMILES string of the molecule is COc1cc2c(cc1N)CCC(=O)N2. The van der Waals surface area contributed by atoms with Crippen molar-refractivity contribution >= 4 is 17.3 Å². The number of aryl methyl sites for hydroxylation is 1. The molecule has 1 aliphatic rings. The molecule has 0 aromatic heterocycles. The molecule has 0 saturated heterocycles. The molecule has 1 heterocycles. The fraction of sp³-hybridized carbons (Fsp3) is 0.300. The molecule has 1 aliphatic heterocycles. The van der Waals surface area contributed by atoms with Crippen LogP contribution in [0.1, 0.15) is 12.0 Å². The van der Waals surface area contributed by atoms with E-state index in [-0.39, 0.29) is 5.91 Å². The third-order valence-corrected chi connectivity index (χ3v) is 2.35. The van der Waals surface area contributed by atoms with Gasteiger partial charge in [-0.3, -0.25) is 4.79 Å². The molecular formula is C10H12N2O2. The minimum atomic E-state index is 0.0457. The van der Waals surface area contributed by atoms with E-state index < -0.39 is 0 Å². The summed E-state index contributed by atoms with van der Waals surface area (Å²) in [7, 11) is 1.56. The predicted molar refractivity (Wildman–Crippen MR) is 54.4 cm³/mol. The van der Waals surface area contributed by atoms with Crippen molar-refractivity contribution in [2.45, 2.75) is 12.8 Å². The molecule has 0 atom stereocenters. The molecule has 0 aliphatic carbocycles. The zero-order valence-corrected chi connectivity index (χ0v) is 7.96. The Hall–Kier alpha value is -1.71. The van der Waals surface area contributed by atoms with Crippen LogP contribution in [0.3, 0.4) is 0 Å². The van der Waals surface area contributed by atoms with E-state index in [0.717, 1.165) is 17.7 Å². The number of carbonyl (C=O) groups excluding carboxylic acids is 1. The van der Waals surface area contributed by atoms with E-state index in [1.165, 1.54) is 0 Å². The number of carbonyl (C=O) groups is 1. The summed E-state index contributed by atoms with van der Waals surface area (Å²) in [5, 5.41) is 2.79. The number of anilines is 2. The van der Waals surface area contributed by atoms with E-state index in [1.54, 1.807) is 13.2 Å². The molecule has 0 unspecified atom stereocenters. The number of benzene rings is 1. The van der Waals surface area contributed by atoms with Gasteiger partial charge in [0.2, 0.25) is 5.91 Å². The van der Waals surface area contributed by atoms with Gasteiger partial charge in [0.05, 0.1) is 12.8 Å². The van der Waals surface area contributed by atoms with Crippen LogP contribution in [0.25, 0.3) is 0 Å². The number of ether oxygens (including phenoxy) is 1. The zero-order valence-electron chi connectivity index (χ0n) is 7.96. The quantitative estimate of drug-likeness (QED) is 0.656. The van der Waals surface area contributed by atoms with E-state index >= 15 is 0 Å². The Bertz CT molecular complexity index is 388. The summed E-state index contributed by atoms with van der Waals surface area (Å²) in [5.41, 5.74) is 8.25. The minimum Gasteiger partial charge on any atom is -0.495 e. The highest BCUT2D eigenvalue weighted by molar-refractivity contribution is 5.94. The first-order valence-electron chi connectivity index (χ1n) is 4.47. The molecule has 1 aromatic rings. The number of rotatable bonds is 1. The molecule has 1 aromatic carbocycles. The van der Waals surface area contributed by atoms with Crippen molar-refractivity contribution in [2.24, 2.45) is 0 Å². The van der Waals surface area contributed by atoms with Gasteiger partial charge in [-0.15, -0.1) is 0 Å². The number of hydrogen-bond acceptors (Lipinski definition) is 3. The van der Waals surface area contributed by atoms with Crippen LogP contribution < -0.4 is 15.8 Å². The second-order valence-corrected chi connectivity index (χ2v) is 3.30. The second kappa shape index (κ2) is 3.21. The highest BCUT2D eigenvalue weighted by atomic mass is 16.5. The summed E-state index contributed by atoms with van der Waals surface area (Å²) >= 11 is 0. The number of nitrogens with two attached hydrogens (primary N) is 1. The average molecular weight is 192 g/mol. The van der Waals surface area contributed by atoms with E-state index in [9.17, 15) is 4.79 Å². The van der Waals surface area contributed by atoms with E-state index in [1.807, 2.05) is 6.07 Å². The molecule has 74 valence electrons. The lowest BCUT2D eigenvalue weighted by Gasteiger charge is -2.18. The summed E-state index contributed by atoms with van der Waals surface area (Å²) in [6, 6.07) is 3.62. The van der Waals surface area contributed by atoms with E-state index in [0.29, 0.717) is 17.9 Å². The Morgan fingerprint density at radius 3 is 2.93 bits per heavy atom. The van der Waals surface area contributed by atoms with Crippen molar-refractivity contribution < 1.29 is 9.53 Å². The van der Waals surface area contributed by atoms with Crippen LogP contribution in [0.4, 0.5) is 11.4 Å². The van der Waals surface area contributed by atoms with Crippen molar-refractivity contribution in [2.75, 3.05) is 18.2 Å². The molecule has 0 fully saturated rings. The number of nitrogens with one attached hydrogen (secondary N) is 1. The lowest BCUT2D eigenvalue weighted by atomic mass is 10.0. The Labute approximate surface area is 82.1 Å². The van der Waals surface area contributed by atoms with Crippen molar-refractivity contribution in [1.82, 2.24) is 0 Å². The molecule has 3 N–H and O–H groups in total. The summed E-state index contributed by atoms with van der Waals surface area (Å²) in [4.78, 5) is 11.1. The Kier molecular flexibility index (Phi) is 2.04. The van der Waals surface area contributed by atoms with Gasteiger partial charge >= 0.3 is 0 Å². The lowest BCUT2D eigenvalue weighted by Crippen LogP contribution is -2.19. The van der Waals surface area contributed by atoms with Crippen LogP contribution in [0.2, 0.25) is 0 Å². The molecule has 0 saturated carbocycles. The largest absolute Gasteiger partial charge is 0.495 e. The lowest BCUT2D eigenvalue weighted by molar-refractivity contribution is -0.116. The minimum absolute atomic E-state index is 0.0457. The maximum absolute atomic E-state index is 11.1. The van der Waals surface area contributed by atoms with Crippen molar-refractivity contribution in [3.8, 4) is 5.75 Å². The van der Waals surface area contributed by atoms with Crippen LogP contribution >= 0.6 is 0 Å². The first kappa shape index (κ1) is 8.87. The molecule has 1 amide bonds. The van der Waals surface area contributed by atoms with Crippen molar-refractivity contribution in [3.05, 3.63) is 17.7 Å². The van der Waals surface area contributed by atoms with Crippen molar-refractivity contribution in [3.63, 3.8) is 0 Å². The van der Waals surface area contributed by atoms with Crippen LogP contribution in [0.5, 0.6) is 5.75 Å². The molecule has 2 rings (SSSR count). The van der Waals surface area contributed by atoms with E-state index in [4.69, 9.17) is 10.5 Å². The Morgan fingerprint density at radius 1 is 1.43 bits per heavy atom. The number of methoxy groups -OCH3 is 1. The Morgan fingerprint density at radius 2 is 2.21 bits per heavy atom. The second-order valence-electron chi connectivity index (χ2n) is 3.30. The van der Waals surface area contributed by atoms with Gasteiger partial charge in [0, 0.05) is 18.2 Å². The summed E-state index contributed by atoms with van der Waals surface area (Å²) in [5.74, 6) is 0.648. The van der Waals surface area contributed by atoms with Gasteiger partial charge in [-0.2, -0.15) is 0 Å². The summed E-state index contributed by atoms with van der Waals surface area (Å²) in [6.07, 6.45) is 1.27. The fourth-order valence-corrected chi connectivity index (χ4v) is 1.60. The number of hydrogen-bond donors (Lipinski definition) is 2. The average Bonchev–Trinajstić information content (AvgIpc) is 2.17. The third kappa shape index (κ3) is 1.39. The highest BCUT2D eigenvalue weighted by Gasteiger charge is 2.16. The van der Waals surface area contributed by atoms with Gasteiger partial charge in [-0.05, 0) is 18.1 Å². The van der Waals surface area contributed by atoms with Gasteiger partial charge in [0.15, 0.2) is 0 Å². The van der Waals surface area contributed by atoms with Gasteiger partial charge in [-0.25, -0.2) is 0 Å². The maximum Gasteiger partial charge on any atom is 0.224 e. The van der Waals surface area contributed by atoms with Crippen LogP contribution in [-0.2, 0) is 11.2 Å². The normalized spacial score (nSPS) is 14.5. The summed E-state index contributed by atoms with van der Waals surface area (Å²) < 4.78 is 5.07. The number of fused-ring (bicyclic) bond motifs is 1. The molecule has 14 heavy (non-hydrogen) atoms. The van der Waals surface area contributed by atoms with Gasteiger partial charge in [0.25, 0.3) is 0 Å². The van der Waals surface area contributed by atoms with Gasteiger partial charge in [0.1, 0.15) is 5.75 Å². The first-order valence-corrected chi connectivity index (χ1v) is 4.47. The Balaban J connectivity index is 2.46. The first-order chi connectivity index (χ1) is 6.70. The monoisotopic (exact) mass is 192 g/mol. The van der Waals surface area contributed by atoms with Crippen LogP contribution in [0.15, 0.2) is 12.1 Å². The maximum atomic E-state index is 11.1. The van der Waals surface area contributed by atoms with Gasteiger partial charge in [-0.1, -0.05) is 0 Å². The highest BCUT2D eigenvalue weighted by Crippen LogP contribution is 2.32. The summed E-state index contributed by atoms with van der Waals surface area (Å²) in [6.45, 7) is 0. The van der Waals surface area contributed by atoms with E-state index in [2.05, 4.69) is 5.32 Å². The predicted octanol–water partition coefficient (Wildman–Crippen LogP) is 1.16.